The summed E-state index contributed by atoms with van der Waals surface area (Å²) in [6, 6.07) is 78.6. The summed E-state index contributed by atoms with van der Waals surface area (Å²) in [6.07, 6.45) is 0. The highest BCUT2D eigenvalue weighted by Gasteiger charge is 2.20. The van der Waals surface area contributed by atoms with Gasteiger partial charge >= 0.3 is 0 Å². The van der Waals surface area contributed by atoms with E-state index in [4.69, 9.17) is 8.83 Å². The van der Waals surface area contributed by atoms with E-state index in [2.05, 4.69) is 215 Å². The number of rotatable bonds is 5. The molecule has 4 nitrogen and oxygen atoms in total. The molecule has 0 fully saturated rings. The largest absolute Gasteiger partial charge is 0.455 e. The van der Waals surface area contributed by atoms with Crippen LogP contribution in [0.15, 0.2) is 227 Å². The van der Waals surface area contributed by atoms with E-state index >= 15 is 0 Å². The minimum atomic E-state index is 0.903. The summed E-state index contributed by atoms with van der Waals surface area (Å²) in [4.78, 5) is 0. The first-order valence-electron chi connectivity index (χ1n) is 21.8. The number of furan rings is 2. The Balaban J connectivity index is 0.989. The molecule has 14 rings (SSSR count). The molecule has 0 aliphatic heterocycles. The Morgan fingerprint density at radius 1 is 0.250 bits per heavy atom. The number of aromatic nitrogens is 2. The molecule has 0 bridgehead atoms. The zero-order valence-corrected chi connectivity index (χ0v) is 34.5. The van der Waals surface area contributed by atoms with Crippen molar-refractivity contribution in [2.45, 2.75) is 0 Å². The maximum absolute atomic E-state index is 6.52. The highest BCUT2D eigenvalue weighted by Crippen LogP contribution is 2.43. The van der Waals surface area contributed by atoms with E-state index in [1.807, 2.05) is 12.1 Å². The summed E-state index contributed by atoms with van der Waals surface area (Å²) in [5.41, 5.74) is 17.1. The summed E-state index contributed by atoms with van der Waals surface area (Å²) in [6.45, 7) is 0. The molecular weight excluding hydrogens is 781 g/mol. The molecule has 0 aliphatic carbocycles. The van der Waals surface area contributed by atoms with Crippen molar-refractivity contribution >= 4 is 87.5 Å². The molecule has 0 amide bonds. The van der Waals surface area contributed by atoms with Gasteiger partial charge in [0.2, 0.25) is 0 Å². The van der Waals surface area contributed by atoms with Gasteiger partial charge in [-0.1, -0.05) is 152 Å². The second-order valence-corrected chi connectivity index (χ2v) is 16.8. The molecule has 4 heterocycles. The fourth-order valence-electron chi connectivity index (χ4n) is 10.4. The van der Waals surface area contributed by atoms with Crippen LogP contribution in [0.25, 0.3) is 132 Å². The number of nitrogens with zero attached hydrogens (tertiary/aromatic N) is 2. The number of benzene rings is 10. The molecular formula is C60H36N2O2. The van der Waals surface area contributed by atoms with E-state index in [-0.39, 0.29) is 0 Å². The van der Waals surface area contributed by atoms with Crippen molar-refractivity contribution in [1.29, 1.82) is 0 Å². The van der Waals surface area contributed by atoms with Gasteiger partial charge in [-0.15, -0.1) is 0 Å². The Kier molecular flexibility index (Phi) is 7.36. The van der Waals surface area contributed by atoms with Gasteiger partial charge < -0.3 is 18.0 Å². The predicted molar refractivity (Wildman–Crippen MR) is 266 cm³/mol. The van der Waals surface area contributed by atoms with Crippen molar-refractivity contribution in [3.05, 3.63) is 218 Å². The fourth-order valence-corrected chi connectivity index (χ4v) is 10.4. The predicted octanol–water partition coefficient (Wildman–Crippen LogP) is 16.7. The van der Waals surface area contributed by atoms with Gasteiger partial charge in [-0.05, 0) is 89.0 Å². The molecule has 0 N–H and O–H groups in total. The summed E-state index contributed by atoms with van der Waals surface area (Å²) in [5.74, 6) is 0. The van der Waals surface area contributed by atoms with Gasteiger partial charge in [0.05, 0.1) is 22.1 Å². The van der Waals surface area contributed by atoms with Crippen LogP contribution >= 0.6 is 0 Å². The summed E-state index contributed by atoms with van der Waals surface area (Å²) in [7, 11) is 0. The van der Waals surface area contributed by atoms with Crippen LogP contribution in [0.1, 0.15) is 0 Å². The Bertz CT molecular complexity index is 3950. The van der Waals surface area contributed by atoms with Crippen molar-refractivity contribution in [2.75, 3.05) is 0 Å². The van der Waals surface area contributed by atoms with E-state index in [9.17, 15) is 0 Å². The molecule has 0 spiro atoms. The van der Waals surface area contributed by atoms with Crippen LogP contribution in [-0.2, 0) is 0 Å². The van der Waals surface area contributed by atoms with Gasteiger partial charge in [0.25, 0.3) is 0 Å². The van der Waals surface area contributed by atoms with Crippen LogP contribution in [0, 0.1) is 0 Å². The summed E-state index contributed by atoms with van der Waals surface area (Å²) in [5, 5.41) is 9.31. The van der Waals surface area contributed by atoms with E-state index in [1.165, 1.54) is 21.5 Å². The molecule has 4 heteroatoms. The minimum Gasteiger partial charge on any atom is -0.455 e. The van der Waals surface area contributed by atoms with E-state index in [0.29, 0.717) is 0 Å². The molecule has 10 aromatic carbocycles. The maximum atomic E-state index is 6.52. The molecule has 14 aromatic rings. The molecule has 0 saturated heterocycles. The van der Waals surface area contributed by atoms with Gasteiger partial charge in [-0.3, -0.25) is 0 Å². The molecule has 0 atom stereocenters. The van der Waals surface area contributed by atoms with Gasteiger partial charge in [-0.2, -0.15) is 0 Å². The smallest absolute Gasteiger partial charge is 0.143 e. The number of para-hydroxylation sites is 6. The van der Waals surface area contributed by atoms with Crippen LogP contribution in [0.4, 0.5) is 0 Å². The molecule has 298 valence electrons. The molecule has 0 radical (unpaired) electrons. The van der Waals surface area contributed by atoms with Crippen LogP contribution in [0.3, 0.4) is 0 Å². The van der Waals surface area contributed by atoms with Gasteiger partial charge in [-0.25, -0.2) is 0 Å². The normalized spacial score (nSPS) is 12.1. The monoisotopic (exact) mass is 816 g/mol. The van der Waals surface area contributed by atoms with E-state index in [1.54, 1.807) is 0 Å². The lowest BCUT2D eigenvalue weighted by Gasteiger charge is -2.16. The van der Waals surface area contributed by atoms with Crippen LogP contribution < -0.4 is 0 Å². The molecule has 0 aliphatic rings. The summed E-state index contributed by atoms with van der Waals surface area (Å²) < 4.78 is 17.9. The maximum Gasteiger partial charge on any atom is 0.143 e. The first-order chi connectivity index (χ1) is 31.7. The number of hydrogen-bond acceptors (Lipinski definition) is 2. The van der Waals surface area contributed by atoms with Gasteiger partial charge in [0, 0.05) is 65.6 Å². The van der Waals surface area contributed by atoms with Crippen LogP contribution in [0.2, 0.25) is 0 Å². The lowest BCUT2D eigenvalue weighted by Crippen LogP contribution is -2.00. The Morgan fingerprint density at radius 2 is 0.672 bits per heavy atom. The third-order valence-corrected chi connectivity index (χ3v) is 13.3. The third-order valence-electron chi connectivity index (χ3n) is 13.3. The number of fused-ring (bicyclic) bond motifs is 12. The lowest BCUT2D eigenvalue weighted by molar-refractivity contribution is 0.669. The molecule has 0 saturated carbocycles. The Hall–Kier alpha value is -8.60. The van der Waals surface area contributed by atoms with Crippen molar-refractivity contribution < 1.29 is 8.83 Å². The highest BCUT2D eigenvalue weighted by atomic mass is 16.3. The molecule has 4 aromatic heterocycles. The Morgan fingerprint density at radius 3 is 1.19 bits per heavy atom. The standard InChI is InChI=1S/C60H36N2O2/c1-2-14-37(15-3-1)40-32-41(61-53-24-8-4-16-45(53)51-34-38(28-30-55(51)61)43-20-12-22-49-47-18-6-10-26-57(47)63-59(43)49)36-42(33-40)62-54-25-9-5-17-46(54)52-35-39(29-31-56(52)62)44-21-13-23-50-48-19-7-11-27-58(48)64-60(44)50/h1-36H. The van der Waals surface area contributed by atoms with Crippen molar-refractivity contribution in [3.8, 4) is 44.8 Å². The molecule has 0 unspecified atom stereocenters. The molecule has 64 heavy (non-hydrogen) atoms. The topological polar surface area (TPSA) is 36.1 Å². The summed E-state index contributed by atoms with van der Waals surface area (Å²) >= 11 is 0. The zero-order valence-electron chi connectivity index (χ0n) is 34.5. The minimum absolute atomic E-state index is 0.903. The first kappa shape index (κ1) is 35.0. The lowest BCUT2D eigenvalue weighted by atomic mass is 10.00. The Labute approximate surface area is 367 Å². The van der Waals surface area contributed by atoms with Crippen molar-refractivity contribution in [3.63, 3.8) is 0 Å². The second kappa shape index (κ2) is 13.4. The van der Waals surface area contributed by atoms with Crippen LogP contribution in [-0.4, -0.2) is 9.13 Å². The van der Waals surface area contributed by atoms with Gasteiger partial charge in [0.1, 0.15) is 22.3 Å². The first-order valence-corrected chi connectivity index (χ1v) is 21.8. The highest BCUT2D eigenvalue weighted by molar-refractivity contribution is 6.15. The van der Waals surface area contributed by atoms with Gasteiger partial charge in [0.15, 0.2) is 0 Å². The van der Waals surface area contributed by atoms with Crippen molar-refractivity contribution in [2.24, 2.45) is 0 Å². The quantitative estimate of drug-likeness (QED) is 0.173. The SMILES string of the molecule is c1ccc(-c2cc(-n3c4ccccc4c4cc(-c5cccc6c5oc5ccccc56)ccc43)cc(-n3c4ccccc4c4cc(-c5cccc6c5oc5ccccc56)ccc43)c2)cc1. The van der Waals surface area contributed by atoms with Crippen LogP contribution in [0.5, 0.6) is 0 Å². The van der Waals surface area contributed by atoms with E-state index < -0.39 is 0 Å². The van der Waals surface area contributed by atoms with Crippen molar-refractivity contribution in [1.82, 2.24) is 9.13 Å². The van der Waals surface area contributed by atoms with E-state index in [0.717, 1.165) is 111 Å². The average molecular weight is 817 g/mol. The third kappa shape index (κ3) is 5.11. The average Bonchev–Trinajstić information content (AvgIpc) is 4.11. The number of hydrogen-bond donors (Lipinski definition) is 0. The zero-order chi connectivity index (χ0) is 41.9. The fraction of sp³-hybridized carbons (Fsp3) is 0. The second-order valence-electron chi connectivity index (χ2n) is 16.8.